The maximum Gasteiger partial charge on any atom is 0.168 e. The summed E-state index contributed by atoms with van der Waals surface area (Å²) in [5.41, 5.74) is 1.35. The number of carbonyl (C=O) groups excluding carboxylic acids is 1. The molecule has 0 unspecified atom stereocenters. The number of aliphatic hydroxyl groups excluding tert-OH is 1. The standard InChI is InChI=1S/C12H9N3O2S/c16-6-8-1-2-10-9(5-8)15(7-17)11-12(18-10)14-4-3-13-11/h1-6,17H,7H2. The van der Waals surface area contributed by atoms with Crippen LogP contribution in [0.15, 0.2) is 40.5 Å². The van der Waals surface area contributed by atoms with Crippen LogP contribution in [0.5, 0.6) is 0 Å². The highest BCUT2D eigenvalue weighted by molar-refractivity contribution is 7.99. The Hall–Kier alpha value is -1.92. The number of hydrogen-bond acceptors (Lipinski definition) is 6. The Morgan fingerprint density at radius 3 is 2.94 bits per heavy atom. The monoisotopic (exact) mass is 259 g/mol. The first-order chi connectivity index (χ1) is 8.83. The molecule has 2 aromatic rings. The van der Waals surface area contributed by atoms with Crippen LogP contribution in [0.2, 0.25) is 0 Å². The summed E-state index contributed by atoms with van der Waals surface area (Å²) in [6, 6.07) is 5.34. The highest BCUT2D eigenvalue weighted by atomic mass is 32.2. The number of aromatic nitrogens is 2. The zero-order valence-electron chi connectivity index (χ0n) is 9.28. The van der Waals surface area contributed by atoms with Crippen LogP contribution in [-0.4, -0.2) is 28.1 Å². The van der Waals surface area contributed by atoms with Crippen molar-refractivity contribution in [2.75, 3.05) is 11.6 Å². The molecule has 90 valence electrons. The van der Waals surface area contributed by atoms with Gasteiger partial charge < -0.3 is 5.11 Å². The van der Waals surface area contributed by atoms with Gasteiger partial charge in [-0.3, -0.25) is 9.69 Å². The second-order valence-corrected chi connectivity index (χ2v) is 4.73. The van der Waals surface area contributed by atoms with Crippen molar-refractivity contribution in [2.45, 2.75) is 9.92 Å². The molecule has 1 aromatic carbocycles. The molecule has 0 atom stereocenters. The molecule has 5 nitrogen and oxygen atoms in total. The summed E-state index contributed by atoms with van der Waals surface area (Å²) in [7, 11) is 0. The zero-order chi connectivity index (χ0) is 12.5. The lowest BCUT2D eigenvalue weighted by molar-refractivity contribution is 0.112. The molecule has 0 fully saturated rings. The van der Waals surface area contributed by atoms with Crippen LogP contribution in [-0.2, 0) is 0 Å². The number of hydrogen-bond donors (Lipinski definition) is 1. The Bertz CT molecular complexity index is 618. The molecule has 6 heteroatoms. The number of aliphatic hydroxyl groups is 1. The molecule has 1 aromatic heterocycles. The van der Waals surface area contributed by atoms with Crippen LogP contribution in [0, 0.1) is 0 Å². The Kier molecular flexibility index (Phi) is 2.73. The second kappa shape index (κ2) is 4.40. The number of carbonyl (C=O) groups is 1. The van der Waals surface area contributed by atoms with Crippen molar-refractivity contribution in [3.05, 3.63) is 36.2 Å². The first-order valence-corrected chi connectivity index (χ1v) is 6.11. The van der Waals surface area contributed by atoms with E-state index in [1.54, 1.807) is 29.4 Å². The van der Waals surface area contributed by atoms with E-state index in [4.69, 9.17) is 0 Å². The lowest BCUT2D eigenvalue weighted by Gasteiger charge is -2.28. The second-order valence-electron chi connectivity index (χ2n) is 3.70. The van der Waals surface area contributed by atoms with E-state index in [0.29, 0.717) is 11.4 Å². The van der Waals surface area contributed by atoms with Gasteiger partial charge in [0, 0.05) is 22.9 Å². The van der Waals surface area contributed by atoms with Gasteiger partial charge in [-0.25, -0.2) is 9.97 Å². The number of fused-ring (bicyclic) bond motifs is 2. The third-order valence-corrected chi connectivity index (χ3v) is 3.71. The minimum Gasteiger partial charge on any atom is -0.376 e. The van der Waals surface area contributed by atoms with Crippen molar-refractivity contribution >= 4 is 29.6 Å². The van der Waals surface area contributed by atoms with E-state index in [2.05, 4.69) is 9.97 Å². The maximum atomic E-state index is 10.8. The smallest absolute Gasteiger partial charge is 0.168 e. The Morgan fingerprint density at radius 1 is 1.33 bits per heavy atom. The maximum absolute atomic E-state index is 10.8. The summed E-state index contributed by atoms with van der Waals surface area (Å²) in [5, 5.41) is 10.3. The topological polar surface area (TPSA) is 66.3 Å². The van der Waals surface area contributed by atoms with Crippen LogP contribution in [0.25, 0.3) is 0 Å². The molecular weight excluding hydrogens is 250 g/mol. The minimum absolute atomic E-state index is 0.207. The highest BCUT2D eigenvalue weighted by Gasteiger charge is 2.25. The Labute approximate surface area is 107 Å². The molecule has 0 bridgehead atoms. The fourth-order valence-corrected chi connectivity index (χ4v) is 2.83. The molecule has 0 aliphatic carbocycles. The van der Waals surface area contributed by atoms with Crippen LogP contribution < -0.4 is 4.90 Å². The number of aldehydes is 1. The van der Waals surface area contributed by atoms with Gasteiger partial charge in [0.1, 0.15) is 18.0 Å². The summed E-state index contributed by atoms with van der Waals surface area (Å²) in [6.45, 7) is -0.207. The number of anilines is 2. The van der Waals surface area contributed by atoms with E-state index < -0.39 is 0 Å². The van der Waals surface area contributed by atoms with Crippen molar-refractivity contribution in [3.8, 4) is 0 Å². The van der Waals surface area contributed by atoms with E-state index in [1.165, 1.54) is 11.8 Å². The molecule has 0 saturated carbocycles. The largest absolute Gasteiger partial charge is 0.376 e. The van der Waals surface area contributed by atoms with Crippen LogP contribution in [0.1, 0.15) is 10.4 Å². The molecule has 3 rings (SSSR count). The van der Waals surface area contributed by atoms with E-state index in [-0.39, 0.29) is 6.73 Å². The van der Waals surface area contributed by atoms with Gasteiger partial charge >= 0.3 is 0 Å². The van der Waals surface area contributed by atoms with Crippen LogP contribution >= 0.6 is 11.8 Å². The molecule has 0 radical (unpaired) electrons. The lowest BCUT2D eigenvalue weighted by Crippen LogP contribution is -2.23. The number of nitrogens with zero attached hydrogens (tertiary/aromatic N) is 3. The van der Waals surface area contributed by atoms with E-state index in [9.17, 15) is 9.90 Å². The van der Waals surface area contributed by atoms with Gasteiger partial charge in [0.25, 0.3) is 0 Å². The third kappa shape index (κ3) is 1.66. The molecule has 1 aliphatic rings. The molecule has 0 spiro atoms. The van der Waals surface area contributed by atoms with E-state index in [0.717, 1.165) is 21.9 Å². The number of benzene rings is 1. The van der Waals surface area contributed by atoms with E-state index >= 15 is 0 Å². The van der Waals surface area contributed by atoms with Crippen LogP contribution in [0.3, 0.4) is 0 Å². The number of rotatable bonds is 2. The highest BCUT2D eigenvalue weighted by Crippen LogP contribution is 2.45. The van der Waals surface area contributed by atoms with Gasteiger partial charge in [-0.2, -0.15) is 0 Å². The fraction of sp³-hybridized carbons (Fsp3) is 0.0833. The fourth-order valence-electron chi connectivity index (χ4n) is 1.84. The Balaban J connectivity index is 2.17. The molecule has 18 heavy (non-hydrogen) atoms. The summed E-state index contributed by atoms with van der Waals surface area (Å²) >= 11 is 1.48. The summed E-state index contributed by atoms with van der Waals surface area (Å²) in [5.74, 6) is 0.612. The summed E-state index contributed by atoms with van der Waals surface area (Å²) in [6.07, 6.45) is 3.98. The van der Waals surface area contributed by atoms with Gasteiger partial charge in [-0.15, -0.1) is 0 Å². The Morgan fingerprint density at radius 2 is 2.17 bits per heavy atom. The van der Waals surface area contributed by atoms with Crippen molar-refractivity contribution < 1.29 is 9.90 Å². The predicted molar refractivity (Wildman–Crippen MR) is 67.2 cm³/mol. The first kappa shape index (κ1) is 11.2. The summed E-state index contributed by atoms with van der Waals surface area (Å²) in [4.78, 5) is 21.9. The SMILES string of the molecule is O=Cc1ccc2c(c1)N(CO)c1nccnc1S2. The van der Waals surface area contributed by atoms with Crippen molar-refractivity contribution in [1.29, 1.82) is 0 Å². The normalized spacial score (nSPS) is 12.8. The van der Waals surface area contributed by atoms with Gasteiger partial charge in [0.2, 0.25) is 0 Å². The first-order valence-electron chi connectivity index (χ1n) is 5.30. The molecule has 2 heterocycles. The van der Waals surface area contributed by atoms with Gasteiger partial charge in [0.15, 0.2) is 5.82 Å². The minimum atomic E-state index is -0.207. The summed E-state index contributed by atoms with van der Waals surface area (Å²) < 4.78 is 0. The zero-order valence-corrected chi connectivity index (χ0v) is 10.1. The average Bonchev–Trinajstić information content (AvgIpc) is 2.44. The molecule has 0 amide bonds. The third-order valence-electron chi connectivity index (χ3n) is 2.66. The quantitative estimate of drug-likeness (QED) is 0.830. The predicted octanol–water partition coefficient (Wildman–Crippen LogP) is 1.84. The van der Waals surface area contributed by atoms with Gasteiger partial charge in [0.05, 0.1) is 5.69 Å². The van der Waals surface area contributed by atoms with Crippen LogP contribution in [0.4, 0.5) is 11.5 Å². The molecule has 1 aliphatic heterocycles. The lowest BCUT2D eigenvalue weighted by atomic mass is 10.2. The molecule has 0 saturated heterocycles. The van der Waals surface area contributed by atoms with Gasteiger partial charge in [-0.05, 0) is 12.1 Å². The van der Waals surface area contributed by atoms with Gasteiger partial charge in [-0.1, -0.05) is 17.8 Å². The average molecular weight is 259 g/mol. The molecule has 1 N–H and O–H groups in total. The molecular formula is C12H9N3O2S. The van der Waals surface area contributed by atoms with E-state index in [1.807, 2.05) is 6.07 Å². The van der Waals surface area contributed by atoms with Crippen molar-refractivity contribution in [2.24, 2.45) is 0 Å². The van der Waals surface area contributed by atoms with Crippen molar-refractivity contribution in [3.63, 3.8) is 0 Å². The van der Waals surface area contributed by atoms with Crippen molar-refractivity contribution in [1.82, 2.24) is 9.97 Å².